The predicted octanol–water partition coefficient (Wildman–Crippen LogP) is 3.58. The summed E-state index contributed by atoms with van der Waals surface area (Å²) in [6.45, 7) is 9.04. The van der Waals surface area contributed by atoms with E-state index in [0.29, 0.717) is 4.75 Å². The van der Waals surface area contributed by atoms with Gasteiger partial charge in [0.2, 0.25) is 0 Å². The van der Waals surface area contributed by atoms with Crippen molar-refractivity contribution in [2.45, 2.75) is 18.6 Å². The van der Waals surface area contributed by atoms with Crippen LogP contribution in [0.4, 0.5) is 5.69 Å². The molecule has 0 spiro atoms. The first-order valence-corrected chi connectivity index (χ1v) is 7.78. The third-order valence-corrected chi connectivity index (χ3v) is 4.75. The highest BCUT2D eigenvalue weighted by molar-refractivity contribution is 8.00. The van der Waals surface area contributed by atoms with E-state index in [1.165, 1.54) is 18.8 Å². The maximum Gasteiger partial charge on any atom is 0.0637 e. The summed E-state index contributed by atoms with van der Waals surface area (Å²) in [6, 6.07) is 7.91. The molecule has 4 heteroatoms. The van der Waals surface area contributed by atoms with Crippen molar-refractivity contribution in [3.05, 3.63) is 29.3 Å². The van der Waals surface area contributed by atoms with Crippen LogP contribution in [0, 0.1) is 0 Å². The van der Waals surface area contributed by atoms with Crippen molar-refractivity contribution < 1.29 is 0 Å². The van der Waals surface area contributed by atoms with Crippen LogP contribution in [-0.2, 0) is 0 Å². The summed E-state index contributed by atoms with van der Waals surface area (Å²) in [7, 11) is 0. The van der Waals surface area contributed by atoms with Gasteiger partial charge in [0.25, 0.3) is 0 Å². The molecule has 0 aromatic heterocycles. The maximum atomic E-state index is 6.11. The van der Waals surface area contributed by atoms with E-state index in [1.54, 1.807) is 0 Å². The molecule has 1 aromatic rings. The van der Waals surface area contributed by atoms with Gasteiger partial charge in [0.1, 0.15) is 0 Å². The van der Waals surface area contributed by atoms with Crippen LogP contribution in [0.5, 0.6) is 0 Å². The summed E-state index contributed by atoms with van der Waals surface area (Å²) in [6.07, 6.45) is 0. The largest absolute Gasteiger partial charge is 0.383 e. The summed E-state index contributed by atoms with van der Waals surface area (Å²) >= 11 is 8.18. The predicted molar refractivity (Wildman–Crippen MR) is 82.9 cm³/mol. The van der Waals surface area contributed by atoms with Crippen molar-refractivity contribution in [1.82, 2.24) is 4.90 Å². The number of rotatable bonds is 4. The highest BCUT2D eigenvalue weighted by atomic mass is 35.5. The monoisotopic (exact) mass is 284 g/mol. The minimum absolute atomic E-state index is 0.392. The minimum atomic E-state index is 0.392. The number of halogens is 1. The van der Waals surface area contributed by atoms with Crippen molar-refractivity contribution >= 4 is 29.1 Å². The Morgan fingerprint density at radius 3 is 2.89 bits per heavy atom. The van der Waals surface area contributed by atoms with E-state index < -0.39 is 0 Å². The first-order chi connectivity index (χ1) is 8.57. The molecule has 1 aliphatic rings. The topological polar surface area (TPSA) is 15.3 Å². The van der Waals surface area contributed by atoms with Gasteiger partial charge < -0.3 is 5.32 Å². The number of nitrogens with zero attached hydrogens (tertiary/aromatic N) is 1. The molecule has 1 fully saturated rings. The smallest absolute Gasteiger partial charge is 0.0637 e. The second kappa shape index (κ2) is 6.18. The van der Waals surface area contributed by atoms with Crippen molar-refractivity contribution in [3.8, 4) is 0 Å². The van der Waals surface area contributed by atoms with Gasteiger partial charge in [-0.1, -0.05) is 23.7 Å². The Bertz CT molecular complexity index is 395. The van der Waals surface area contributed by atoms with E-state index in [4.69, 9.17) is 11.6 Å². The molecule has 2 nitrogen and oxygen atoms in total. The van der Waals surface area contributed by atoms with E-state index in [-0.39, 0.29) is 0 Å². The van der Waals surface area contributed by atoms with Crippen LogP contribution in [0.1, 0.15) is 13.8 Å². The Labute approximate surface area is 119 Å². The van der Waals surface area contributed by atoms with Gasteiger partial charge >= 0.3 is 0 Å². The molecule has 0 amide bonds. The van der Waals surface area contributed by atoms with Gasteiger partial charge in [-0.2, -0.15) is 11.8 Å². The summed E-state index contributed by atoms with van der Waals surface area (Å²) in [5.41, 5.74) is 1.03. The number of thioether (sulfide) groups is 1. The van der Waals surface area contributed by atoms with Gasteiger partial charge in [0.05, 0.1) is 10.7 Å². The average molecular weight is 285 g/mol. The third-order valence-electron chi connectivity index (χ3n) is 3.12. The molecular weight excluding hydrogens is 264 g/mol. The fraction of sp³-hybridized carbons (Fsp3) is 0.571. The van der Waals surface area contributed by atoms with E-state index >= 15 is 0 Å². The average Bonchev–Trinajstić information content (AvgIpc) is 2.30. The van der Waals surface area contributed by atoms with Crippen molar-refractivity contribution in [1.29, 1.82) is 0 Å². The second-order valence-corrected chi connectivity index (χ2v) is 7.50. The van der Waals surface area contributed by atoms with E-state index in [9.17, 15) is 0 Å². The minimum Gasteiger partial charge on any atom is -0.383 e. The lowest BCUT2D eigenvalue weighted by molar-refractivity contribution is 0.270. The SMILES string of the molecule is CC1(C)CN(CCNc2ccccc2Cl)CCS1. The lowest BCUT2D eigenvalue weighted by Crippen LogP contribution is -2.44. The van der Waals surface area contributed by atoms with Crippen LogP contribution in [-0.4, -0.2) is 41.6 Å². The van der Waals surface area contributed by atoms with Crippen LogP contribution in [0.3, 0.4) is 0 Å². The molecule has 0 bridgehead atoms. The zero-order valence-electron chi connectivity index (χ0n) is 11.1. The van der Waals surface area contributed by atoms with Crippen LogP contribution in [0.2, 0.25) is 5.02 Å². The molecule has 2 rings (SSSR count). The third kappa shape index (κ3) is 4.08. The summed E-state index contributed by atoms with van der Waals surface area (Å²) in [5.74, 6) is 1.24. The Kier molecular flexibility index (Phi) is 4.82. The lowest BCUT2D eigenvalue weighted by Gasteiger charge is -2.37. The molecule has 0 unspecified atom stereocenters. The van der Waals surface area contributed by atoms with Crippen LogP contribution < -0.4 is 5.32 Å². The molecule has 0 aliphatic carbocycles. The molecule has 0 radical (unpaired) electrons. The normalized spacial score (nSPS) is 19.7. The van der Waals surface area contributed by atoms with Gasteiger partial charge in [0, 0.05) is 36.7 Å². The number of hydrogen-bond acceptors (Lipinski definition) is 3. The van der Waals surface area contributed by atoms with Crippen LogP contribution in [0.15, 0.2) is 24.3 Å². The second-order valence-electron chi connectivity index (χ2n) is 5.29. The summed E-state index contributed by atoms with van der Waals surface area (Å²) in [5, 5.41) is 4.21. The molecule has 1 heterocycles. The first kappa shape index (κ1) is 14.0. The maximum absolute atomic E-state index is 6.11. The van der Waals surface area contributed by atoms with Gasteiger partial charge in [-0.15, -0.1) is 0 Å². The van der Waals surface area contributed by atoms with Crippen molar-refractivity contribution in [2.24, 2.45) is 0 Å². The van der Waals surface area contributed by atoms with Gasteiger partial charge in [-0.25, -0.2) is 0 Å². The first-order valence-electron chi connectivity index (χ1n) is 6.41. The van der Waals surface area contributed by atoms with Crippen LogP contribution >= 0.6 is 23.4 Å². The van der Waals surface area contributed by atoms with E-state index in [2.05, 4.69) is 35.8 Å². The molecule has 0 atom stereocenters. The number of anilines is 1. The number of hydrogen-bond donors (Lipinski definition) is 1. The van der Waals surface area contributed by atoms with Gasteiger partial charge in [-0.3, -0.25) is 4.90 Å². The highest BCUT2D eigenvalue weighted by Gasteiger charge is 2.26. The number of nitrogens with one attached hydrogen (secondary N) is 1. The van der Waals surface area contributed by atoms with Gasteiger partial charge in [0.15, 0.2) is 0 Å². The molecule has 1 aliphatic heterocycles. The molecular formula is C14H21ClN2S. The quantitative estimate of drug-likeness (QED) is 0.910. The lowest BCUT2D eigenvalue weighted by atomic mass is 10.2. The van der Waals surface area contributed by atoms with E-state index in [0.717, 1.165) is 23.8 Å². The standard InChI is InChI=1S/C14H21ClN2S/c1-14(2)11-17(9-10-18-14)8-7-16-13-6-4-3-5-12(13)15/h3-6,16H,7-11H2,1-2H3. The highest BCUT2D eigenvalue weighted by Crippen LogP contribution is 2.29. The molecule has 0 saturated carbocycles. The van der Waals surface area contributed by atoms with Crippen molar-refractivity contribution in [3.63, 3.8) is 0 Å². The van der Waals surface area contributed by atoms with E-state index in [1.807, 2.05) is 24.3 Å². The van der Waals surface area contributed by atoms with Gasteiger partial charge in [-0.05, 0) is 26.0 Å². The molecule has 18 heavy (non-hydrogen) atoms. The van der Waals surface area contributed by atoms with Crippen molar-refractivity contribution in [2.75, 3.05) is 37.2 Å². The van der Waals surface area contributed by atoms with Crippen LogP contribution in [0.25, 0.3) is 0 Å². The number of para-hydroxylation sites is 1. The molecule has 1 saturated heterocycles. The molecule has 1 N–H and O–H groups in total. The molecule has 1 aromatic carbocycles. The Balaban J connectivity index is 1.77. The Morgan fingerprint density at radius 1 is 1.39 bits per heavy atom. The fourth-order valence-corrected chi connectivity index (χ4v) is 3.64. The number of benzene rings is 1. The summed E-state index contributed by atoms with van der Waals surface area (Å²) < 4.78 is 0.392. The Hall–Kier alpha value is -0.380. The molecule has 100 valence electrons. The summed E-state index contributed by atoms with van der Waals surface area (Å²) in [4.78, 5) is 2.53. The zero-order valence-corrected chi connectivity index (χ0v) is 12.7. The fourth-order valence-electron chi connectivity index (χ4n) is 2.26. The zero-order chi connectivity index (χ0) is 13.0. The Morgan fingerprint density at radius 2 is 2.17 bits per heavy atom.